The minimum atomic E-state index is -0.551. The Morgan fingerprint density at radius 1 is 1.28 bits per heavy atom. The Balaban J connectivity index is 1.49. The summed E-state index contributed by atoms with van der Waals surface area (Å²) < 4.78 is 11.8. The van der Waals surface area contributed by atoms with E-state index in [1.807, 2.05) is 17.5 Å². The van der Waals surface area contributed by atoms with Crippen molar-refractivity contribution in [3.63, 3.8) is 0 Å². The van der Waals surface area contributed by atoms with E-state index in [1.165, 1.54) is 4.88 Å². The van der Waals surface area contributed by atoms with Crippen LogP contribution in [-0.2, 0) is 16.0 Å². The van der Waals surface area contributed by atoms with Gasteiger partial charge < -0.3 is 19.7 Å². The first-order valence-corrected chi connectivity index (χ1v) is 11.0. The number of rotatable bonds is 5. The second-order valence-electron chi connectivity index (χ2n) is 7.38. The molecule has 154 valence electrons. The van der Waals surface area contributed by atoms with Gasteiger partial charge in [-0.15, -0.1) is 11.3 Å². The number of fused-ring (bicyclic) bond motifs is 1. The lowest BCUT2D eigenvalue weighted by atomic mass is 9.93. The summed E-state index contributed by atoms with van der Waals surface area (Å²) in [6.07, 6.45) is 2.11. The normalized spacial score (nSPS) is 18.1. The topological polar surface area (TPSA) is 67.9 Å². The molecule has 1 aromatic carbocycles. The lowest BCUT2D eigenvalue weighted by molar-refractivity contribution is -0.122. The summed E-state index contributed by atoms with van der Waals surface area (Å²) in [4.78, 5) is 28.5. The summed E-state index contributed by atoms with van der Waals surface area (Å²) in [6, 6.07) is 9.10. The molecule has 8 heteroatoms. The van der Waals surface area contributed by atoms with Crippen molar-refractivity contribution in [1.82, 2.24) is 10.2 Å². The van der Waals surface area contributed by atoms with Crippen molar-refractivity contribution in [2.24, 2.45) is 0 Å². The van der Waals surface area contributed by atoms with Gasteiger partial charge in [0.05, 0.1) is 31.9 Å². The van der Waals surface area contributed by atoms with E-state index in [0.717, 1.165) is 6.42 Å². The highest BCUT2D eigenvalue weighted by atomic mass is 35.5. The number of amides is 2. The van der Waals surface area contributed by atoms with E-state index in [1.54, 1.807) is 34.4 Å². The maximum atomic E-state index is 13.2. The Hall–Kier alpha value is -2.09. The molecule has 2 aromatic rings. The minimum absolute atomic E-state index is 0.0127. The first-order chi connectivity index (χ1) is 14.0. The Morgan fingerprint density at radius 3 is 2.86 bits per heavy atom. The average molecular weight is 435 g/mol. The first kappa shape index (κ1) is 20.2. The van der Waals surface area contributed by atoms with Crippen molar-refractivity contribution in [3.05, 3.63) is 51.2 Å². The molecular formula is C21H23ClN2O4S. The van der Waals surface area contributed by atoms with Gasteiger partial charge in [0.2, 0.25) is 5.91 Å². The molecule has 1 N–H and O–H groups in total. The van der Waals surface area contributed by atoms with Gasteiger partial charge >= 0.3 is 0 Å². The summed E-state index contributed by atoms with van der Waals surface area (Å²) in [5.74, 6) is 0.101. The Bertz CT molecular complexity index is 881. The van der Waals surface area contributed by atoms with Gasteiger partial charge in [-0.05, 0) is 36.1 Å². The minimum Gasteiger partial charge on any atom is -0.484 e. The molecule has 0 bridgehead atoms. The van der Waals surface area contributed by atoms with Crippen LogP contribution >= 0.6 is 22.9 Å². The van der Waals surface area contributed by atoms with E-state index in [0.29, 0.717) is 55.5 Å². The zero-order valence-corrected chi connectivity index (χ0v) is 17.6. The van der Waals surface area contributed by atoms with Crippen LogP contribution in [0.3, 0.4) is 0 Å². The summed E-state index contributed by atoms with van der Waals surface area (Å²) in [7, 11) is 0. The lowest BCUT2D eigenvalue weighted by Gasteiger charge is -2.38. The molecule has 1 saturated heterocycles. The third-order valence-corrected chi connectivity index (χ3v) is 6.45. The number of hydrogen-bond donors (Lipinski definition) is 1. The highest BCUT2D eigenvalue weighted by molar-refractivity contribution is 7.09. The maximum Gasteiger partial charge on any atom is 0.258 e. The van der Waals surface area contributed by atoms with Crippen molar-refractivity contribution in [1.29, 1.82) is 0 Å². The molecule has 29 heavy (non-hydrogen) atoms. The van der Waals surface area contributed by atoms with Crippen molar-refractivity contribution >= 4 is 34.8 Å². The van der Waals surface area contributed by atoms with E-state index in [4.69, 9.17) is 21.1 Å². The molecule has 1 fully saturated rings. The Kier molecular flexibility index (Phi) is 6.08. The first-order valence-electron chi connectivity index (χ1n) is 9.69. The van der Waals surface area contributed by atoms with Gasteiger partial charge in [-0.3, -0.25) is 9.59 Å². The van der Waals surface area contributed by atoms with Crippen LogP contribution in [0, 0.1) is 0 Å². The molecule has 2 aliphatic heterocycles. The molecule has 0 unspecified atom stereocenters. The Labute approximate surface area is 178 Å². The number of carbonyl (C=O) groups excluding carboxylic acids is 2. The number of benzene rings is 1. The number of nitrogens with zero attached hydrogens (tertiary/aromatic N) is 1. The van der Waals surface area contributed by atoms with Gasteiger partial charge in [-0.2, -0.15) is 0 Å². The van der Waals surface area contributed by atoms with E-state index in [9.17, 15) is 9.59 Å². The van der Waals surface area contributed by atoms with Gasteiger partial charge in [-0.1, -0.05) is 17.7 Å². The van der Waals surface area contributed by atoms with E-state index in [-0.39, 0.29) is 18.4 Å². The summed E-state index contributed by atoms with van der Waals surface area (Å²) in [5.41, 5.74) is -0.156. The largest absolute Gasteiger partial charge is 0.484 e. The molecule has 6 nitrogen and oxygen atoms in total. The monoisotopic (exact) mass is 434 g/mol. The highest BCUT2D eigenvalue weighted by Crippen LogP contribution is 2.36. The molecule has 2 amide bonds. The average Bonchev–Trinajstić information content (AvgIpc) is 3.19. The fraction of sp³-hybridized carbons (Fsp3) is 0.429. The molecule has 1 aromatic heterocycles. The van der Waals surface area contributed by atoms with Gasteiger partial charge in [0.15, 0.2) is 0 Å². The maximum absolute atomic E-state index is 13.2. The van der Waals surface area contributed by atoms with Crippen LogP contribution in [0.5, 0.6) is 5.75 Å². The van der Waals surface area contributed by atoms with Crippen LogP contribution in [0.25, 0.3) is 0 Å². The van der Waals surface area contributed by atoms with Crippen molar-refractivity contribution < 1.29 is 19.1 Å². The second kappa shape index (κ2) is 8.73. The quantitative estimate of drug-likeness (QED) is 0.785. The van der Waals surface area contributed by atoms with Crippen LogP contribution in [0.4, 0.5) is 0 Å². The molecular weight excluding hydrogens is 412 g/mol. The molecule has 2 aliphatic rings. The number of halogens is 1. The fourth-order valence-electron chi connectivity index (χ4n) is 3.75. The molecule has 3 heterocycles. The van der Waals surface area contributed by atoms with Crippen LogP contribution in [0.15, 0.2) is 35.7 Å². The smallest absolute Gasteiger partial charge is 0.258 e. The van der Waals surface area contributed by atoms with Gasteiger partial charge in [0, 0.05) is 29.3 Å². The van der Waals surface area contributed by atoms with Crippen LogP contribution in [-0.4, -0.2) is 55.2 Å². The number of carbonyl (C=O) groups is 2. The van der Waals surface area contributed by atoms with Crippen molar-refractivity contribution in [3.8, 4) is 5.75 Å². The van der Waals surface area contributed by atoms with Gasteiger partial charge in [0.1, 0.15) is 11.4 Å². The SMILES string of the molecule is O=C(CN1CC2(CCOCC2)Oc2ccc(Cl)cc2C1=O)NCCc1cccs1. The van der Waals surface area contributed by atoms with Gasteiger partial charge in [0.25, 0.3) is 5.91 Å². The Morgan fingerprint density at radius 2 is 2.10 bits per heavy atom. The standard InChI is InChI=1S/C21H23ClN2O4S/c22-15-3-4-18-17(12-15)20(26)24(14-21(28-18)6-9-27-10-7-21)13-19(25)23-8-5-16-2-1-11-29-16/h1-4,11-12H,5-10,13-14H2,(H,23,25). The van der Waals surface area contributed by atoms with E-state index >= 15 is 0 Å². The van der Waals surface area contributed by atoms with Crippen molar-refractivity contribution in [2.75, 3.05) is 32.8 Å². The number of nitrogens with one attached hydrogen (secondary N) is 1. The lowest BCUT2D eigenvalue weighted by Crippen LogP contribution is -2.52. The van der Waals surface area contributed by atoms with Crippen molar-refractivity contribution in [2.45, 2.75) is 24.9 Å². The summed E-state index contributed by atoms with van der Waals surface area (Å²) in [5, 5.41) is 5.40. The molecule has 0 saturated carbocycles. The number of thiophene rings is 1. The van der Waals surface area contributed by atoms with Crippen LogP contribution < -0.4 is 10.1 Å². The third-order valence-electron chi connectivity index (χ3n) is 5.28. The fourth-order valence-corrected chi connectivity index (χ4v) is 4.64. The zero-order valence-electron chi connectivity index (χ0n) is 16.0. The molecule has 0 atom stereocenters. The zero-order chi connectivity index (χ0) is 20.3. The van der Waals surface area contributed by atoms with Crippen LogP contribution in [0.1, 0.15) is 28.1 Å². The van der Waals surface area contributed by atoms with E-state index < -0.39 is 5.60 Å². The summed E-state index contributed by atoms with van der Waals surface area (Å²) >= 11 is 7.78. The molecule has 1 spiro atoms. The van der Waals surface area contributed by atoms with E-state index in [2.05, 4.69) is 5.32 Å². The predicted molar refractivity (Wildman–Crippen MR) is 112 cm³/mol. The number of ether oxygens (including phenoxy) is 2. The number of hydrogen-bond acceptors (Lipinski definition) is 5. The second-order valence-corrected chi connectivity index (χ2v) is 8.85. The predicted octanol–water partition coefficient (Wildman–Crippen LogP) is 3.14. The van der Waals surface area contributed by atoms with Gasteiger partial charge in [-0.25, -0.2) is 0 Å². The third kappa shape index (κ3) is 4.74. The molecule has 0 radical (unpaired) electrons. The molecule has 4 rings (SSSR count). The summed E-state index contributed by atoms with van der Waals surface area (Å²) in [6.45, 7) is 2.01. The van der Waals surface area contributed by atoms with Crippen LogP contribution in [0.2, 0.25) is 5.02 Å². The molecule has 0 aliphatic carbocycles. The highest BCUT2D eigenvalue weighted by Gasteiger charge is 2.42.